The Balaban J connectivity index is 2.19. The molecular weight excluding hydrogens is 372 g/mol. The molecule has 0 N–H and O–H groups in total. The highest BCUT2D eigenvalue weighted by molar-refractivity contribution is 7.92. The van der Waals surface area contributed by atoms with Crippen LogP contribution in [0.1, 0.15) is 22.3 Å². The van der Waals surface area contributed by atoms with Crippen molar-refractivity contribution in [3.63, 3.8) is 0 Å². The summed E-state index contributed by atoms with van der Waals surface area (Å²) in [5.41, 5.74) is 0.376. The van der Waals surface area contributed by atoms with Gasteiger partial charge in [0.15, 0.2) is 0 Å². The first-order valence-electron chi connectivity index (χ1n) is 7.44. The summed E-state index contributed by atoms with van der Waals surface area (Å²) in [6.07, 6.45) is -0.900. The third kappa shape index (κ3) is 3.14. The molecule has 3 rings (SSSR count). The SMILES string of the molecule is Cc1ccc(S(=O)(=O)N2CCC(F)(F)C(=O)c3cc(Cl)ccc32)cc1. The van der Waals surface area contributed by atoms with E-state index >= 15 is 0 Å². The zero-order chi connectivity index (χ0) is 18.4. The smallest absolute Gasteiger partial charge is 0.287 e. The minimum absolute atomic E-state index is 0.0309. The molecule has 0 fully saturated rings. The fourth-order valence-electron chi connectivity index (χ4n) is 2.67. The summed E-state index contributed by atoms with van der Waals surface area (Å²) in [6.45, 7) is 1.29. The number of hydrogen-bond donors (Lipinski definition) is 0. The van der Waals surface area contributed by atoms with E-state index in [2.05, 4.69) is 0 Å². The van der Waals surface area contributed by atoms with Crippen molar-refractivity contribution in [2.75, 3.05) is 10.8 Å². The van der Waals surface area contributed by atoms with E-state index in [1.165, 1.54) is 24.3 Å². The lowest BCUT2D eigenvalue weighted by Gasteiger charge is -2.24. The topological polar surface area (TPSA) is 54.5 Å². The molecule has 2 aromatic rings. The summed E-state index contributed by atoms with van der Waals surface area (Å²) < 4.78 is 54.9. The summed E-state index contributed by atoms with van der Waals surface area (Å²) in [5.74, 6) is -5.08. The number of benzene rings is 2. The number of halogens is 3. The van der Waals surface area contributed by atoms with Crippen molar-refractivity contribution in [1.29, 1.82) is 0 Å². The van der Waals surface area contributed by atoms with Gasteiger partial charge in [-0.15, -0.1) is 0 Å². The highest BCUT2D eigenvalue weighted by Gasteiger charge is 2.45. The Bertz CT molecular complexity index is 943. The van der Waals surface area contributed by atoms with Crippen LogP contribution in [0.5, 0.6) is 0 Å². The van der Waals surface area contributed by atoms with Crippen LogP contribution in [0.4, 0.5) is 14.5 Å². The molecule has 25 heavy (non-hydrogen) atoms. The molecule has 0 spiro atoms. The van der Waals surface area contributed by atoms with Gasteiger partial charge in [0.25, 0.3) is 10.0 Å². The Morgan fingerprint density at radius 1 is 1.12 bits per heavy atom. The summed E-state index contributed by atoms with van der Waals surface area (Å²) in [7, 11) is -4.10. The van der Waals surface area contributed by atoms with Gasteiger partial charge in [0.1, 0.15) is 0 Å². The van der Waals surface area contributed by atoms with Gasteiger partial charge >= 0.3 is 5.92 Å². The molecule has 8 heteroatoms. The maximum absolute atomic E-state index is 14.1. The van der Waals surface area contributed by atoms with Gasteiger partial charge in [0.2, 0.25) is 5.78 Å². The number of rotatable bonds is 2. The quantitative estimate of drug-likeness (QED) is 0.783. The molecule has 0 atom stereocenters. The zero-order valence-electron chi connectivity index (χ0n) is 13.2. The van der Waals surface area contributed by atoms with Crippen molar-refractivity contribution in [3.8, 4) is 0 Å². The molecule has 0 bridgehead atoms. The molecule has 0 radical (unpaired) electrons. The highest BCUT2D eigenvalue weighted by atomic mass is 35.5. The lowest BCUT2D eigenvalue weighted by Crippen LogP contribution is -2.34. The molecule has 1 heterocycles. The Kier molecular flexibility index (Phi) is 4.33. The van der Waals surface area contributed by atoms with Crippen LogP contribution >= 0.6 is 11.6 Å². The van der Waals surface area contributed by atoms with Gasteiger partial charge in [-0.1, -0.05) is 29.3 Å². The standard InChI is InChI=1S/C17H14ClF2NO3S/c1-11-2-5-13(6-3-11)25(23,24)21-9-8-17(19,20)16(22)14-10-12(18)4-7-15(14)21/h2-7,10H,8-9H2,1H3. The van der Waals surface area contributed by atoms with E-state index < -0.39 is 40.3 Å². The molecule has 0 aliphatic carbocycles. The Morgan fingerprint density at radius 3 is 2.40 bits per heavy atom. The number of anilines is 1. The van der Waals surface area contributed by atoms with E-state index in [-0.39, 0.29) is 15.6 Å². The van der Waals surface area contributed by atoms with Crippen LogP contribution in [0.25, 0.3) is 0 Å². The number of carbonyl (C=O) groups excluding carboxylic acids is 1. The molecule has 0 saturated heterocycles. The van der Waals surface area contributed by atoms with Crippen molar-refractivity contribution in [1.82, 2.24) is 0 Å². The first kappa shape index (κ1) is 17.8. The predicted octanol–water partition coefficient (Wildman–Crippen LogP) is 4.07. The summed E-state index contributed by atoms with van der Waals surface area (Å²) in [5, 5.41) is 0.0810. The van der Waals surface area contributed by atoms with Gasteiger partial charge in [0, 0.05) is 23.6 Å². The Labute approximate surface area is 149 Å². The first-order valence-corrected chi connectivity index (χ1v) is 9.26. The molecule has 4 nitrogen and oxygen atoms in total. The molecule has 0 unspecified atom stereocenters. The maximum atomic E-state index is 14.1. The number of alkyl halides is 2. The zero-order valence-corrected chi connectivity index (χ0v) is 14.7. The highest BCUT2D eigenvalue weighted by Crippen LogP contribution is 2.38. The Morgan fingerprint density at radius 2 is 1.76 bits per heavy atom. The fraction of sp³-hybridized carbons (Fsp3) is 0.235. The van der Waals surface area contributed by atoms with Crippen molar-refractivity contribution in [2.45, 2.75) is 24.2 Å². The van der Waals surface area contributed by atoms with Crippen LogP contribution in [0.15, 0.2) is 47.4 Å². The molecule has 2 aromatic carbocycles. The lowest BCUT2D eigenvalue weighted by molar-refractivity contribution is 0.00778. The van der Waals surface area contributed by atoms with Gasteiger partial charge < -0.3 is 0 Å². The van der Waals surface area contributed by atoms with Crippen LogP contribution in [0.2, 0.25) is 5.02 Å². The van der Waals surface area contributed by atoms with Crippen LogP contribution in [-0.2, 0) is 10.0 Å². The van der Waals surface area contributed by atoms with Crippen molar-refractivity contribution >= 4 is 33.1 Å². The maximum Gasteiger partial charge on any atom is 0.311 e. The second-order valence-corrected chi connectivity index (χ2v) is 8.13. The van der Waals surface area contributed by atoms with Gasteiger partial charge in [-0.3, -0.25) is 9.10 Å². The van der Waals surface area contributed by atoms with E-state index in [0.717, 1.165) is 15.9 Å². The molecule has 1 aliphatic heterocycles. The van der Waals surface area contributed by atoms with Gasteiger partial charge in [-0.2, -0.15) is 8.78 Å². The molecule has 0 amide bonds. The minimum Gasteiger partial charge on any atom is -0.287 e. The molecule has 0 aromatic heterocycles. The number of nitrogens with zero attached hydrogens (tertiary/aromatic N) is 1. The van der Waals surface area contributed by atoms with Gasteiger partial charge in [0.05, 0.1) is 10.6 Å². The van der Waals surface area contributed by atoms with Crippen LogP contribution in [0.3, 0.4) is 0 Å². The average Bonchev–Trinajstić information content (AvgIpc) is 2.64. The lowest BCUT2D eigenvalue weighted by atomic mass is 10.0. The van der Waals surface area contributed by atoms with Crippen LogP contribution < -0.4 is 4.31 Å². The third-order valence-corrected chi connectivity index (χ3v) is 6.10. The predicted molar refractivity (Wildman–Crippen MR) is 91.1 cm³/mol. The number of carbonyl (C=O) groups is 1. The number of Topliss-reactive ketones (excluding diaryl/α,β-unsaturated/α-hetero) is 1. The number of fused-ring (bicyclic) bond motifs is 1. The number of aryl methyl sites for hydroxylation is 1. The number of sulfonamides is 1. The molecular formula is C17H14ClF2NO3S. The third-order valence-electron chi connectivity index (χ3n) is 4.04. The summed E-state index contributed by atoms with van der Waals surface area (Å²) in [4.78, 5) is 12.1. The summed E-state index contributed by atoms with van der Waals surface area (Å²) >= 11 is 5.82. The largest absolute Gasteiger partial charge is 0.311 e. The van der Waals surface area contributed by atoms with Crippen LogP contribution in [0, 0.1) is 6.92 Å². The second kappa shape index (κ2) is 6.07. The van der Waals surface area contributed by atoms with Crippen molar-refractivity contribution in [2.24, 2.45) is 0 Å². The van der Waals surface area contributed by atoms with Crippen molar-refractivity contribution < 1.29 is 22.0 Å². The van der Waals surface area contributed by atoms with E-state index in [0.29, 0.717) is 0 Å². The minimum atomic E-state index is -4.10. The second-order valence-electron chi connectivity index (χ2n) is 5.84. The monoisotopic (exact) mass is 385 g/mol. The first-order chi connectivity index (χ1) is 11.6. The van der Waals surface area contributed by atoms with E-state index in [4.69, 9.17) is 11.6 Å². The van der Waals surface area contributed by atoms with E-state index in [1.54, 1.807) is 19.1 Å². The average molecular weight is 386 g/mol. The normalized spacial score (nSPS) is 17.1. The number of hydrogen-bond acceptors (Lipinski definition) is 3. The van der Waals surface area contributed by atoms with Gasteiger partial charge in [-0.05, 0) is 37.3 Å². The van der Waals surface area contributed by atoms with E-state index in [9.17, 15) is 22.0 Å². The summed E-state index contributed by atoms with van der Waals surface area (Å²) in [6, 6.07) is 9.78. The van der Waals surface area contributed by atoms with E-state index in [1.807, 2.05) is 0 Å². The fourth-order valence-corrected chi connectivity index (χ4v) is 4.32. The molecule has 0 saturated carbocycles. The van der Waals surface area contributed by atoms with Gasteiger partial charge in [-0.25, -0.2) is 8.42 Å². The van der Waals surface area contributed by atoms with Crippen molar-refractivity contribution in [3.05, 3.63) is 58.6 Å². The Hall–Kier alpha value is -1.99. The van der Waals surface area contributed by atoms with Crippen LogP contribution in [-0.4, -0.2) is 26.7 Å². The number of ketones is 1. The molecule has 132 valence electrons. The molecule has 1 aliphatic rings.